The topological polar surface area (TPSA) is 26.0 Å². The lowest BCUT2D eigenvalue weighted by molar-refractivity contribution is 0.867. The van der Waals surface area contributed by atoms with Crippen molar-refractivity contribution in [1.29, 1.82) is 0 Å². The Labute approximate surface area is 199 Å². The summed E-state index contributed by atoms with van der Waals surface area (Å²) in [5, 5.41) is 0. The van der Waals surface area contributed by atoms with Gasteiger partial charge in [0.05, 0.1) is 0 Å². The Morgan fingerprint density at radius 3 is 1.88 bits per heavy atom. The SMILES string of the molecule is C=CCc1ccc(-c2ccccc2)cc1.Cc1ccc(-c2ccc(C(C)C)cc2)c(N)c1C. The third-order valence-electron chi connectivity index (χ3n) is 6.12. The lowest BCUT2D eigenvalue weighted by Gasteiger charge is -2.12. The summed E-state index contributed by atoms with van der Waals surface area (Å²) in [4.78, 5) is 0. The van der Waals surface area contributed by atoms with E-state index in [1.165, 1.54) is 38.9 Å². The molecule has 0 saturated carbocycles. The first-order chi connectivity index (χ1) is 15.9. The molecule has 0 atom stereocenters. The number of nitrogen functional groups attached to an aromatic ring is 1. The summed E-state index contributed by atoms with van der Waals surface area (Å²) in [6, 6.07) is 32.0. The molecule has 2 N–H and O–H groups in total. The summed E-state index contributed by atoms with van der Waals surface area (Å²) in [7, 11) is 0. The van der Waals surface area contributed by atoms with Crippen LogP contribution in [0.3, 0.4) is 0 Å². The van der Waals surface area contributed by atoms with Crippen molar-refractivity contribution < 1.29 is 0 Å². The number of nitrogens with two attached hydrogens (primary N) is 1. The number of hydrogen-bond acceptors (Lipinski definition) is 1. The lowest BCUT2D eigenvalue weighted by Crippen LogP contribution is -1.96. The summed E-state index contributed by atoms with van der Waals surface area (Å²) in [5.74, 6) is 0.566. The predicted octanol–water partition coefficient (Wildman–Crippen LogP) is 8.76. The van der Waals surface area contributed by atoms with Crippen LogP contribution < -0.4 is 5.73 Å². The standard InChI is InChI=1S/C17H21N.C15H14/c1-11(2)14-6-8-15(9-7-14)16-10-5-12(3)13(4)17(16)18;1-2-6-13-9-11-15(12-10-13)14-7-4-3-5-8-14/h5-11H,18H2,1-4H3;2-5,7-12H,1,6H2. The van der Waals surface area contributed by atoms with Crippen molar-refractivity contribution in [3.63, 3.8) is 0 Å². The highest BCUT2D eigenvalue weighted by Crippen LogP contribution is 2.31. The molecule has 0 aliphatic rings. The van der Waals surface area contributed by atoms with Crippen molar-refractivity contribution in [3.05, 3.63) is 126 Å². The Hall–Kier alpha value is -3.58. The number of rotatable bonds is 5. The van der Waals surface area contributed by atoms with Crippen molar-refractivity contribution in [1.82, 2.24) is 0 Å². The number of allylic oxidation sites excluding steroid dienone is 1. The maximum atomic E-state index is 6.21. The number of aryl methyl sites for hydroxylation is 1. The molecule has 0 fully saturated rings. The third kappa shape index (κ3) is 6.23. The first kappa shape index (κ1) is 24.1. The Morgan fingerprint density at radius 1 is 0.727 bits per heavy atom. The molecule has 0 amide bonds. The van der Waals surface area contributed by atoms with Gasteiger partial charge in [-0.1, -0.05) is 111 Å². The smallest absolute Gasteiger partial charge is 0.0426 e. The summed E-state index contributed by atoms with van der Waals surface area (Å²) in [6.45, 7) is 12.3. The van der Waals surface area contributed by atoms with Crippen LogP contribution in [0.15, 0.2) is 104 Å². The minimum absolute atomic E-state index is 0.566. The van der Waals surface area contributed by atoms with Gasteiger partial charge in [-0.15, -0.1) is 6.58 Å². The molecule has 4 rings (SSSR count). The Kier molecular flexibility index (Phi) is 8.27. The Balaban J connectivity index is 0.000000189. The van der Waals surface area contributed by atoms with Crippen LogP contribution >= 0.6 is 0 Å². The van der Waals surface area contributed by atoms with Crippen molar-refractivity contribution in [2.45, 2.75) is 40.0 Å². The third-order valence-corrected chi connectivity index (χ3v) is 6.12. The minimum Gasteiger partial charge on any atom is -0.398 e. The van der Waals surface area contributed by atoms with Gasteiger partial charge in [-0.25, -0.2) is 0 Å². The van der Waals surface area contributed by atoms with Crippen LogP contribution in [0.5, 0.6) is 0 Å². The van der Waals surface area contributed by atoms with Crippen LogP contribution in [0.2, 0.25) is 0 Å². The number of benzene rings is 4. The molecule has 33 heavy (non-hydrogen) atoms. The maximum absolute atomic E-state index is 6.21. The summed E-state index contributed by atoms with van der Waals surface area (Å²) in [6.07, 6.45) is 2.87. The van der Waals surface area contributed by atoms with Gasteiger partial charge in [0.15, 0.2) is 0 Å². The van der Waals surface area contributed by atoms with Gasteiger partial charge in [0.2, 0.25) is 0 Å². The molecule has 0 heterocycles. The first-order valence-electron chi connectivity index (χ1n) is 11.6. The van der Waals surface area contributed by atoms with Gasteiger partial charge < -0.3 is 5.73 Å². The molecule has 0 spiro atoms. The molecule has 0 aromatic heterocycles. The molecular formula is C32H35N. The molecule has 4 aromatic rings. The van der Waals surface area contributed by atoms with Gasteiger partial charge in [-0.3, -0.25) is 0 Å². The second-order valence-corrected chi connectivity index (χ2v) is 8.80. The van der Waals surface area contributed by atoms with E-state index in [-0.39, 0.29) is 0 Å². The van der Waals surface area contributed by atoms with E-state index in [9.17, 15) is 0 Å². The van der Waals surface area contributed by atoms with Crippen LogP contribution in [0.4, 0.5) is 5.69 Å². The van der Waals surface area contributed by atoms with E-state index in [1.54, 1.807) is 0 Å². The van der Waals surface area contributed by atoms with Gasteiger partial charge in [-0.05, 0) is 65.1 Å². The average molecular weight is 434 g/mol. The van der Waals surface area contributed by atoms with Crippen LogP contribution in [0.25, 0.3) is 22.3 Å². The van der Waals surface area contributed by atoms with E-state index < -0.39 is 0 Å². The zero-order valence-corrected chi connectivity index (χ0v) is 20.3. The van der Waals surface area contributed by atoms with Gasteiger partial charge in [0, 0.05) is 11.3 Å². The molecule has 0 bridgehead atoms. The van der Waals surface area contributed by atoms with E-state index >= 15 is 0 Å². The molecule has 0 aliphatic carbocycles. The number of hydrogen-bond donors (Lipinski definition) is 1. The van der Waals surface area contributed by atoms with Crippen LogP contribution in [0.1, 0.15) is 42.0 Å². The quantitative estimate of drug-likeness (QED) is 0.247. The largest absolute Gasteiger partial charge is 0.398 e. The summed E-state index contributed by atoms with van der Waals surface area (Å²) in [5.41, 5.74) is 17.1. The highest BCUT2D eigenvalue weighted by molar-refractivity contribution is 5.79. The van der Waals surface area contributed by atoms with Crippen molar-refractivity contribution in [2.24, 2.45) is 0 Å². The molecule has 0 saturated heterocycles. The highest BCUT2D eigenvalue weighted by Gasteiger charge is 2.07. The van der Waals surface area contributed by atoms with E-state index in [1.807, 2.05) is 12.1 Å². The van der Waals surface area contributed by atoms with Crippen molar-refractivity contribution in [3.8, 4) is 22.3 Å². The molecule has 168 valence electrons. The number of anilines is 1. The molecule has 1 nitrogen and oxygen atoms in total. The Bertz CT molecular complexity index is 1170. The predicted molar refractivity (Wildman–Crippen MR) is 146 cm³/mol. The molecule has 0 radical (unpaired) electrons. The van der Waals surface area contributed by atoms with Gasteiger partial charge in [-0.2, -0.15) is 0 Å². The molecule has 0 unspecified atom stereocenters. The van der Waals surface area contributed by atoms with E-state index in [2.05, 4.69) is 119 Å². The van der Waals surface area contributed by atoms with E-state index in [0.29, 0.717) is 5.92 Å². The van der Waals surface area contributed by atoms with Crippen molar-refractivity contribution in [2.75, 3.05) is 5.73 Å². The fraction of sp³-hybridized carbons (Fsp3) is 0.188. The van der Waals surface area contributed by atoms with Crippen LogP contribution in [-0.2, 0) is 6.42 Å². The average Bonchev–Trinajstić information content (AvgIpc) is 2.84. The molecular weight excluding hydrogens is 398 g/mol. The molecule has 1 heteroatoms. The first-order valence-corrected chi connectivity index (χ1v) is 11.6. The second kappa shape index (κ2) is 11.3. The normalized spacial score (nSPS) is 10.5. The van der Waals surface area contributed by atoms with Gasteiger partial charge >= 0.3 is 0 Å². The maximum Gasteiger partial charge on any atom is 0.0426 e. The minimum atomic E-state index is 0.566. The zero-order valence-electron chi connectivity index (χ0n) is 20.3. The van der Waals surface area contributed by atoms with Crippen LogP contribution in [-0.4, -0.2) is 0 Å². The summed E-state index contributed by atoms with van der Waals surface area (Å²) < 4.78 is 0. The fourth-order valence-electron chi connectivity index (χ4n) is 3.77. The van der Waals surface area contributed by atoms with Crippen LogP contribution in [0, 0.1) is 13.8 Å². The van der Waals surface area contributed by atoms with E-state index in [4.69, 9.17) is 5.73 Å². The zero-order chi connectivity index (χ0) is 23.8. The molecule has 4 aromatic carbocycles. The van der Waals surface area contributed by atoms with Gasteiger partial charge in [0.25, 0.3) is 0 Å². The fourth-order valence-corrected chi connectivity index (χ4v) is 3.77. The highest BCUT2D eigenvalue weighted by atomic mass is 14.6. The molecule has 0 aliphatic heterocycles. The van der Waals surface area contributed by atoms with Crippen molar-refractivity contribution >= 4 is 5.69 Å². The summed E-state index contributed by atoms with van der Waals surface area (Å²) >= 11 is 0. The lowest BCUT2D eigenvalue weighted by atomic mass is 9.95. The Morgan fingerprint density at radius 2 is 1.30 bits per heavy atom. The second-order valence-electron chi connectivity index (χ2n) is 8.80. The van der Waals surface area contributed by atoms with E-state index in [0.717, 1.165) is 17.7 Å². The monoisotopic (exact) mass is 433 g/mol. The van der Waals surface area contributed by atoms with Gasteiger partial charge in [0.1, 0.15) is 0 Å².